The van der Waals surface area contributed by atoms with Gasteiger partial charge in [-0.3, -0.25) is 29.2 Å². The van der Waals surface area contributed by atoms with Crippen LogP contribution in [0.2, 0.25) is 0 Å². The Bertz CT molecular complexity index is 870. The number of carbonyl (C=O) groups is 2. The lowest BCUT2D eigenvalue weighted by molar-refractivity contribution is -0.138. The van der Waals surface area contributed by atoms with Crippen molar-refractivity contribution in [2.45, 2.75) is 219 Å². The summed E-state index contributed by atoms with van der Waals surface area (Å²) in [5, 5.41) is 9.53. The third-order valence-electron chi connectivity index (χ3n) is 12.4. The molecule has 1 aliphatic heterocycles. The molecule has 4 radical (unpaired) electrons. The van der Waals surface area contributed by atoms with Gasteiger partial charge in [-0.1, -0.05) is 206 Å². The Morgan fingerprint density at radius 2 is 0.638 bits per heavy atom. The third-order valence-corrected chi connectivity index (χ3v) is 12.4. The van der Waals surface area contributed by atoms with Crippen LogP contribution in [0.4, 0.5) is 0 Å². The molecule has 1 N–H and O–H groups in total. The Morgan fingerprint density at radius 3 is 0.931 bits per heavy atom. The zero-order valence-electron chi connectivity index (χ0n) is 38.8. The van der Waals surface area contributed by atoms with Gasteiger partial charge >= 0.3 is 5.97 Å². The molecular weight excluding hydrogens is 719 g/mol. The van der Waals surface area contributed by atoms with Gasteiger partial charge in [-0.15, -0.1) is 0 Å². The predicted octanol–water partition coefficient (Wildman–Crippen LogP) is 12.0. The van der Waals surface area contributed by atoms with Crippen LogP contribution in [0, 0.1) is 14.1 Å². The number of aliphatic carboxylic acids is 1. The molecule has 0 bridgehead atoms. The highest BCUT2D eigenvalue weighted by atomic mass is 16.4. The number of nitrogens with zero attached hydrogens (tertiary/aromatic N) is 5. The lowest BCUT2D eigenvalue weighted by atomic mass is 10.0. The van der Waals surface area contributed by atoms with E-state index in [9.17, 15) is 14.7 Å². The summed E-state index contributed by atoms with van der Waals surface area (Å²) < 4.78 is 0. The minimum absolute atomic E-state index is 0.0245. The van der Waals surface area contributed by atoms with Crippen molar-refractivity contribution >= 4 is 11.9 Å². The highest BCUT2D eigenvalue weighted by molar-refractivity contribution is 5.78. The molecule has 1 aliphatic rings. The number of carboxylic acid groups (broad SMARTS) is 1. The minimum Gasteiger partial charge on any atom is -0.480 e. The summed E-state index contributed by atoms with van der Waals surface area (Å²) in [5.41, 5.74) is 0. The van der Waals surface area contributed by atoms with Crippen LogP contribution in [0.1, 0.15) is 219 Å². The minimum atomic E-state index is -0.838. The fourth-order valence-corrected chi connectivity index (χ4v) is 8.39. The van der Waals surface area contributed by atoms with Gasteiger partial charge in [-0.25, -0.2) is 0 Å². The SMILES string of the molecule is [CH]N1CCN([CH])CCN(CC(=O)N(CCCCCCCCCCCCCCCCCC)CCCCCCCCCCCCCCCCCC)CCN(CC(=O)O)CC1. The summed E-state index contributed by atoms with van der Waals surface area (Å²) in [6, 6.07) is 0. The van der Waals surface area contributed by atoms with E-state index in [1.807, 2.05) is 4.90 Å². The van der Waals surface area contributed by atoms with Gasteiger partial charge in [0.1, 0.15) is 0 Å². The summed E-state index contributed by atoms with van der Waals surface area (Å²) in [5.74, 6) is -0.634. The third kappa shape index (κ3) is 35.5. The smallest absolute Gasteiger partial charge is 0.317 e. The Balaban J connectivity index is 2.49. The van der Waals surface area contributed by atoms with Crippen LogP contribution < -0.4 is 0 Å². The second-order valence-corrected chi connectivity index (χ2v) is 18.0. The van der Waals surface area contributed by atoms with Gasteiger partial charge in [0.05, 0.1) is 13.1 Å². The van der Waals surface area contributed by atoms with Crippen LogP contribution >= 0.6 is 0 Å². The Morgan fingerprint density at radius 1 is 0.397 bits per heavy atom. The van der Waals surface area contributed by atoms with Gasteiger partial charge in [-0.05, 0) is 12.8 Å². The van der Waals surface area contributed by atoms with Crippen LogP contribution in [0.15, 0.2) is 0 Å². The first-order valence-corrected chi connectivity index (χ1v) is 25.3. The van der Waals surface area contributed by atoms with E-state index < -0.39 is 5.97 Å². The van der Waals surface area contributed by atoms with Crippen LogP contribution in [-0.4, -0.2) is 120 Å². The molecule has 8 nitrogen and oxygen atoms in total. The van der Waals surface area contributed by atoms with E-state index in [1.165, 1.54) is 193 Å². The van der Waals surface area contributed by atoms with Gasteiger partial charge in [0.15, 0.2) is 0 Å². The molecule has 0 aromatic heterocycles. The van der Waals surface area contributed by atoms with Gasteiger partial charge in [0.25, 0.3) is 0 Å². The number of carbonyl (C=O) groups excluding carboxylic acids is 1. The number of rotatable bonds is 38. The maximum absolute atomic E-state index is 14.0. The van der Waals surface area contributed by atoms with Crippen molar-refractivity contribution in [3.8, 4) is 0 Å². The zero-order valence-corrected chi connectivity index (χ0v) is 38.8. The molecule has 0 aromatic rings. The average molecular weight is 816 g/mol. The van der Waals surface area contributed by atoms with Crippen molar-refractivity contribution in [3.05, 3.63) is 14.1 Å². The van der Waals surface area contributed by atoms with E-state index in [0.29, 0.717) is 58.9 Å². The van der Waals surface area contributed by atoms with Crippen LogP contribution in [0.5, 0.6) is 0 Å². The highest BCUT2D eigenvalue weighted by Gasteiger charge is 2.20. The normalized spacial score (nSPS) is 15.7. The van der Waals surface area contributed by atoms with Crippen molar-refractivity contribution in [2.24, 2.45) is 0 Å². The molecule has 1 rings (SSSR count). The van der Waals surface area contributed by atoms with E-state index in [0.717, 1.165) is 25.9 Å². The van der Waals surface area contributed by atoms with Crippen LogP contribution in [-0.2, 0) is 9.59 Å². The molecule has 0 atom stereocenters. The van der Waals surface area contributed by atoms with E-state index in [-0.39, 0.29) is 12.5 Å². The first-order chi connectivity index (χ1) is 28.3. The second-order valence-electron chi connectivity index (χ2n) is 18.0. The molecule has 1 fully saturated rings. The fourth-order valence-electron chi connectivity index (χ4n) is 8.39. The first kappa shape index (κ1) is 54.8. The largest absolute Gasteiger partial charge is 0.480 e. The summed E-state index contributed by atoms with van der Waals surface area (Å²) in [6.07, 6.45) is 43.2. The van der Waals surface area contributed by atoms with Gasteiger partial charge in [-0.2, -0.15) is 0 Å². The van der Waals surface area contributed by atoms with Crippen molar-refractivity contribution < 1.29 is 14.7 Å². The van der Waals surface area contributed by atoms with Crippen LogP contribution in [0.25, 0.3) is 0 Å². The van der Waals surface area contributed by atoms with Crippen LogP contribution in [0.3, 0.4) is 0 Å². The van der Waals surface area contributed by atoms with Gasteiger partial charge in [0, 0.05) is 79.5 Å². The number of amides is 1. The Hall–Kier alpha value is -1.22. The molecule has 0 unspecified atom stereocenters. The molecule has 0 aliphatic carbocycles. The summed E-state index contributed by atoms with van der Waals surface area (Å²) in [7, 11) is 12.5. The molecule has 1 amide bonds. The lowest BCUT2D eigenvalue weighted by Gasteiger charge is -2.32. The van der Waals surface area contributed by atoms with Crippen molar-refractivity contribution in [3.63, 3.8) is 0 Å². The van der Waals surface area contributed by atoms with E-state index in [2.05, 4.69) is 23.6 Å². The van der Waals surface area contributed by atoms with E-state index >= 15 is 0 Å². The molecule has 0 aromatic carbocycles. The number of hydrogen-bond donors (Lipinski definition) is 1. The van der Waals surface area contributed by atoms with Crippen molar-refractivity contribution in [1.29, 1.82) is 0 Å². The molecule has 0 spiro atoms. The Labute approximate surface area is 362 Å². The Kier molecular flexibility index (Phi) is 38.9. The summed E-state index contributed by atoms with van der Waals surface area (Å²) in [6.45, 7) is 11.5. The molecule has 1 heterocycles. The van der Waals surface area contributed by atoms with Crippen molar-refractivity contribution in [1.82, 2.24) is 24.5 Å². The molecule has 8 heteroatoms. The molecule has 0 saturated carbocycles. The first-order valence-electron chi connectivity index (χ1n) is 25.3. The molecular formula is C50H97N5O3. The predicted molar refractivity (Wildman–Crippen MR) is 248 cm³/mol. The van der Waals surface area contributed by atoms with Crippen molar-refractivity contribution in [2.75, 3.05) is 78.5 Å². The lowest BCUT2D eigenvalue weighted by Crippen LogP contribution is -2.48. The summed E-state index contributed by atoms with van der Waals surface area (Å²) in [4.78, 5) is 35.3. The van der Waals surface area contributed by atoms with Gasteiger partial charge in [0.2, 0.25) is 5.91 Å². The number of unbranched alkanes of at least 4 members (excludes halogenated alkanes) is 30. The summed E-state index contributed by atoms with van der Waals surface area (Å²) >= 11 is 0. The maximum Gasteiger partial charge on any atom is 0.317 e. The molecule has 340 valence electrons. The standard InChI is InChI=1S/C50H97N5O3/c1-5-7-9-11-13-15-17-19-21-23-25-27-29-31-33-35-37-55(38-36-34-32-30-28-26-24-22-20-18-16-14-12-10-8-6-2)49(56)47-53-43-41-51(3)39-40-52(4)42-44-54(46-45-53)48-50(57)58/h3-4H,5-48H2,1-2H3,(H,57,58). The van der Waals surface area contributed by atoms with E-state index in [4.69, 9.17) is 14.1 Å². The highest BCUT2D eigenvalue weighted by Crippen LogP contribution is 2.16. The number of carboxylic acids is 1. The molecule has 58 heavy (non-hydrogen) atoms. The van der Waals surface area contributed by atoms with E-state index in [1.54, 1.807) is 9.80 Å². The molecule has 1 saturated heterocycles. The number of hydrogen-bond acceptors (Lipinski definition) is 6. The zero-order chi connectivity index (χ0) is 42.2. The average Bonchev–Trinajstić information content (AvgIpc) is 3.20. The monoisotopic (exact) mass is 816 g/mol. The maximum atomic E-state index is 14.0. The van der Waals surface area contributed by atoms with Gasteiger partial charge < -0.3 is 10.0 Å². The topological polar surface area (TPSA) is 70.6 Å². The second kappa shape index (κ2) is 41.1. The quantitative estimate of drug-likeness (QED) is 0.0622. The fraction of sp³-hybridized carbons (Fsp3) is 0.920.